The molecule has 8 nitrogen and oxygen atoms in total. The number of carbonyl (C=O) groups excluding carboxylic acids is 1. The Labute approximate surface area is 178 Å². The first kappa shape index (κ1) is 24.0. The van der Waals surface area contributed by atoms with E-state index in [-0.39, 0.29) is 17.8 Å². The fourth-order valence-electron chi connectivity index (χ4n) is 3.26. The molecule has 30 heavy (non-hydrogen) atoms. The Bertz CT molecular complexity index is 663. The molecule has 0 aromatic heterocycles. The van der Waals surface area contributed by atoms with Crippen molar-refractivity contribution in [3.8, 4) is 0 Å². The summed E-state index contributed by atoms with van der Waals surface area (Å²) in [7, 11) is 3.25. The maximum atomic E-state index is 13.2. The Morgan fingerprint density at radius 3 is 2.47 bits per heavy atom. The Kier molecular flexibility index (Phi) is 10.5. The predicted octanol–water partition coefficient (Wildman–Crippen LogP) is 0.859. The standard InChI is InChI=1S/C21H34FN5O3/c1-4-23-21(25-15-19(30-3)17-5-7-18(22)8-6-17)27-12-10-26(11-13-27)16-20(28)24-9-14-29-2/h5-8,19H,4,9-16H2,1-3H3,(H,23,25)(H,24,28). The zero-order valence-electron chi connectivity index (χ0n) is 18.2. The van der Waals surface area contributed by atoms with Gasteiger partial charge in [-0.1, -0.05) is 12.1 Å². The van der Waals surface area contributed by atoms with Crippen molar-refractivity contribution in [1.29, 1.82) is 0 Å². The summed E-state index contributed by atoms with van der Waals surface area (Å²) in [6.07, 6.45) is -0.239. The number of amides is 1. The molecule has 1 amide bonds. The van der Waals surface area contributed by atoms with E-state index in [2.05, 4.69) is 20.4 Å². The van der Waals surface area contributed by atoms with Gasteiger partial charge in [0.05, 0.1) is 19.7 Å². The van der Waals surface area contributed by atoms with Crippen LogP contribution in [0.25, 0.3) is 0 Å². The van der Waals surface area contributed by atoms with Gasteiger partial charge in [0.1, 0.15) is 11.9 Å². The van der Waals surface area contributed by atoms with Gasteiger partial charge in [-0.05, 0) is 24.6 Å². The zero-order chi connectivity index (χ0) is 21.8. The number of rotatable bonds is 10. The van der Waals surface area contributed by atoms with Gasteiger partial charge in [0.15, 0.2) is 5.96 Å². The lowest BCUT2D eigenvalue weighted by atomic mass is 10.1. The first-order valence-corrected chi connectivity index (χ1v) is 10.4. The van der Waals surface area contributed by atoms with E-state index in [4.69, 9.17) is 14.5 Å². The number of methoxy groups -OCH3 is 2. The van der Waals surface area contributed by atoms with Crippen molar-refractivity contribution < 1.29 is 18.7 Å². The summed E-state index contributed by atoms with van der Waals surface area (Å²) in [6, 6.07) is 6.31. The molecule has 1 atom stereocenters. The minimum atomic E-state index is -0.268. The SMILES string of the molecule is CCNC(=NCC(OC)c1ccc(F)cc1)N1CCN(CC(=O)NCCOC)CC1. The number of piperazine rings is 1. The van der Waals surface area contributed by atoms with Gasteiger partial charge >= 0.3 is 0 Å². The van der Waals surface area contributed by atoms with Gasteiger partial charge in [0, 0.05) is 53.5 Å². The van der Waals surface area contributed by atoms with Crippen LogP contribution in [0.3, 0.4) is 0 Å². The van der Waals surface area contributed by atoms with Crippen molar-refractivity contribution in [2.24, 2.45) is 4.99 Å². The van der Waals surface area contributed by atoms with Gasteiger partial charge in [0.2, 0.25) is 5.91 Å². The van der Waals surface area contributed by atoms with Crippen LogP contribution in [0.4, 0.5) is 4.39 Å². The molecule has 2 rings (SSSR count). The summed E-state index contributed by atoms with van der Waals surface area (Å²) in [5, 5.41) is 6.18. The third-order valence-corrected chi connectivity index (χ3v) is 4.94. The minimum Gasteiger partial charge on any atom is -0.383 e. The summed E-state index contributed by atoms with van der Waals surface area (Å²) in [6.45, 7) is 7.80. The second-order valence-electron chi connectivity index (χ2n) is 7.08. The average Bonchev–Trinajstić information content (AvgIpc) is 2.75. The summed E-state index contributed by atoms with van der Waals surface area (Å²) < 4.78 is 23.7. The van der Waals surface area contributed by atoms with Crippen molar-refractivity contribution >= 4 is 11.9 Å². The van der Waals surface area contributed by atoms with E-state index in [1.165, 1.54) is 12.1 Å². The van der Waals surface area contributed by atoms with Crippen molar-refractivity contribution in [2.75, 3.05) is 73.2 Å². The molecule has 1 aromatic rings. The molecule has 0 bridgehead atoms. The summed E-state index contributed by atoms with van der Waals surface area (Å²) >= 11 is 0. The van der Waals surface area contributed by atoms with Crippen LogP contribution >= 0.6 is 0 Å². The van der Waals surface area contributed by atoms with Crippen LogP contribution in [0, 0.1) is 5.82 Å². The van der Waals surface area contributed by atoms with Crippen LogP contribution in [0.2, 0.25) is 0 Å². The van der Waals surface area contributed by atoms with E-state index in [0.29, 0.717) is 26.2 Å². The van der Waals surface area contributed by atoms with Crippen molar-refractivity contribution in [3.63, 3.8) is 0 Å². The molecule has 0 saturated carbocycles. The first-order valence-electron chi connectivity index (χ1n) is 10.4. The number of aliphatic imine (C=N–C) groups is 1. The Morgan fingerprint density at radius 1 is 1.17 bits per heavy atom. The molecule has 1 saturated heterocycles. The maximum Gasteiger partial charge on any atom is 0.234 e. The molecule has 1 unspecified atom stereocenters. The van der Waals surface area contributed by atoms with Crippen LogP contribution in [0.5, 0.6) is 0 Å². The predicted molar refractivity (Wildman–Crippen MR) is 115 cm³/mol. The van der Waals surface area contributed by atoms with Crippen molar-refractivity contribution in [1.82, 2.24) is 20.4 Å². The molecule has 1 aromatic carbocycles. The highest BCUT2D eigenvalue weighted by Crippen LogP contribution is 2.17. The van der Waals surface area contributed by atoms with E-state index < -0.39 is 0 Å². The molecule has 2 N–H and O–H groups in total. The zero-order valence-corrected chi connectivity index (χ0v) is 18.2. The fourth-order valence-corrected chi connectivity index (χ4v) is 3.26. The highest BCUT2D eigenvalue weighted by Gasteiger charge is 2.21. The lowest BCUT2D eigenvalue weighted by Crippen LogP contribution is -2.54. The topological polar surface area (TPSA) is 78.4 Å². The first-order chi connectivity index (χ1) is 14.6. The minimum absolute atomic E-state index is 0.0170. The number of nitrogens with one attached hydrogen (secondary N) is 2. The highest BCUT2D eigenvalue weighted by molar-refractivity contribution is 5.80. The maximum absolute atomic E-state index is 13.2. The fraction of sp³-hybridized carbons (Fsp3) is 0.619. The normalized spacial score (nSPS) is 16.4. The van der Waals surface area contributed by atoms with Crippen LogP contribution in [0.15, 0.2) is 29.3 Å². The third kappa shape index (κ3) is 7.89. The lowest BCUT2D eigenvalue weighted by molar-refractivity contribution is -0.122. The smallest absolute Gasteiger partial charge is 0.234 e. The van der Waals surface area contributed by atoms with Crippen LogP contribution in [-0.4, -0.2) is 94.9 Å². The van der Waals surface area contributed by atoms with E-state index >= 15 is 0 Å². The molecule has 1 aliphatic rings. The Morgan fingerprint density at radius 2 is 1.87 bits per heavy atom. The molecule has 1 aliphatic heterocycles. The van der Waals surface area contributed by atoms with E-state index in [0.717, 1.165) is 44.2 Å². The largest absolute Gasteiger partial charge is 0.383 e. The van der Waals surface area contributed by atoms with Crippen LogP contribution < -0.4 is 10.6 Å². The molecule has 9 heteroatoms. The molecule has 1 heterocycles. The van der Waals surface area contributed by atoms with E-state index in [1.54, 1.807) is 26.4 Å². The molecular weight excluding hydrogens is 389 g/mol. The highest BCUT2D eigenvalue weighted by atomic mass is 19.1. The number of guanidine groups is 1. The Hall–Kier alpha value is -2.23. The third-order valence-electron chi connectivity index (χ3n) is 4.94. The number of ether oxygens (including phenoxy) is 2. The van der Waals surface area contributed by atoms with E-state index in [1.807, 2.05) is 6.92 Å². The van der Waals surface area contributed by atoms with Gasteiger partial charge in [0.25, 0.3) is 0 Å². The van der Waals surface area contributed by atoms with Gasteiger partial charge in [-0.2, -0.15) is 0 Å². The number of hydrogen-bond donors (Lipinski definition) is 2. The van der Waals surface area contributed by atoms with Gasteiger partial charge < -0.3 is 25.0 Å². The van der Waals surface area contributed by atoms with Gasteiger partial charge in [-0.15, -0.1) is 0 Å². The molecule has 0 aliphatic carbocycles. The average molecular weight is 424 g/mol. The number of halogens is 1. The van der Waals surface area contributed by atoms with Crippen LogP contribution in [-0.2, 0) is 14.3 Å². The van der Waals surface area contributed by atoms with E-state index in [9.17, 15) is 9.18 Å². The molecule has 168 valence electrons. The monoisotopic (exact) mass is 423 g/mol. The van der Waals surface area contributed by atoms with Crippen molar-refractivity contribution in [3.05, 3.63) is 35.6 Å². The summed E-state index contributed by atoms with van der Waals surface area (Å²) in [4.78, 5) is 21.1. The quantitative estimate of drug-likeness (QED) is 0.330. The second-order valence-corrected chi connectivity index (χ2v) is 7.08. The molecule has 1 fully saturated rings. The molecular formula is C21H34FN5O3. The second kappa shape index (κ2) is 13.1. The Balaban J connectivity index is 1.88. The number of hydrogen-bond acceptors (Lipinski definition) is 5. The van der Waals surface area contributed by atoms with Gasteiger partial charge in [-0.3, -0.25) is 14.7 Å². The number of carbonyl (C=O) groups is 1. The molecule has 0 radical (unpaired) electrons. The molecule has 0 spiro atoms. The summed E-state index contributed by atoms with van der Waals surface area (Å²) in [5.41, 5.74) is 0.891. The number of benzene rings is 1. The van der Waals surface area contributed by atoms with Crippen LogP contribution in [0.1, 0.15) is 18.6 Å². The van der Waals surface area contributed by atoms with Gasteiger partial charge in [-0.25, -0.2) is 4.39 Å². The lowest BCUT2D eigenvalue weighted by Gasteiger charge is -2.36. The number of nitrogens with zero attached hydrogens (tertiary/aromatic N) is 3. The van der Waals surface area contributed by atoms with Crippen molar-refractivity contribution in [2.45, 2.75) is 13.0 Å². The summed E-state index contributed by atoms with van der Waals surface area (Å²) in [5.74, 6) is 0.574.